The molecule has 1 unspecified atom stereocenters. The zero-order valence-electron chi connectivity index (χ0n) is 9.67. The lowest BCUT2D eigenvalue weighted by molar-refractivity contribution is 0.0279. The van der Waals surface area contributed by atoms with Crippen molar-refractivity contribution >= 4 is 0 Å². The Hall–Kier alpha value is -0.820. The molecule has 3 aliphatic rings. The standard InChI is InChI=1S/C14H18O/c1-9-10-5-4-6-11(10)12(15)13(2,3)14(9)7-8-14/h4-6,12,15H,7-8H2,1-3H3. The third-order valence-electron chi connectivity index (χ3n) is 4.93. The van der Waals surface area contributed by atoms with E-state index < -0.39 is 0 Å². The van der Waals surface area contributed by atoms with Crippen LogP contribution in [0.2, 0.25) is 0 Å². The van der Waals surface area contributed by atoms with Gasteiger partial charge in [0.2, 0.25) is 0 Å². The van der Waals surface area contributed by atoms with Gasteiger partial charge in [0.1, 0.15) is 0 Å². The van der Waals surface area contributed by atoms with Crippen LogP contribution in [0.5, 0.6) is 0 Å². The first-order valence-corrected chi connectivity index (χ1v) is 5.79. The van der Waals surface area contributed by atoms with Gasteiger partial charge in [0, 0.05) is 5.41 Å². The molecule has 0 heterocycles. The molecular formula is C14H18O. The van der Waals surface area contributed by atoms with Gasteiger partial charge in [-0.2, -0.15) is 0 Å². The molecule has 3 aliphatic carbocycles. The van der Waals surface area contributed by atoms with Gasteiger partial charge in [-0.25, -0.2) is 0 Å². The SMILES string of the molecule is CC1=C2C=CC=C2C(O)C(C)(C)C12CC2. The summed E-state index contributed by atoms with van der Waals surface area (Å²) in [4.78, 5) is 0. The van der Waals surface area contributed by atoms with Crippen molar-refractivity contribution in [3.63, 3.8) is 0 Å². The summed E-state index contributed by atoms with van der Waals surface area (Å²) >= 11 is 0. The summed E-state index contributed by atoms with van der Waals surface area (Å²) in [6.07, 6.45) is 8.48. The number of rotatable bonds is 0. The molecule has 15 heavy (non-hydrogen) atoms. The van der Waals surface area contributed by atoms with Gasteiger partial charge in [-0.1, -0.05) is 37.6 Å². The van der Waals surface area contributed by atoms with E-state index in [0.29, 0.717) is 0 Å². The second kappa shape index (κ2) is 2.46. The van der Waals surface area contributed by atoms with Gasteiger partial charge in [-0.05, 0) is 36.3 Å². The van der Waals surface area contributed by atoms with Crippen LogP contribution in [0.15, 0.2) is 34.9 Å². The first-order valence-electron chi connectivity index (χ1n) is 5.79. The lowest BCUT2D eigenvalue weighted by atomic mass is 9.61. The average Bonchev–Trinajstić information content (AvgIpc) is 2.86. The van der Waals surface area contributed by atoms with Crippen molar-refractivity contribution in [3.05, 3.63) is 34.9 Å². The fourth-order valence-electron chi connectivity index (χ4n) is 3.55. The lowest BCUT2D eigenvalue weighted by Gasteiger charge is -2.45. The maximum Gasteiger partial charge on any atom is 0.0855 e. The summed E-state index contributed by atoms with van der Waals surface area (Å²) in [5.41, 5.74) is 4.22. The van der Waals surface area contributed by atoms with Crippen LogP contribution in [-0.4, -0.2) is 11.2 Å². The van der Waals surface area contributed by atoms with E-state index >= 15 is 0 Å². The number of hydrogen-bond donors (Lipinski definition) is 1. The van der Waals surface area contributed by atoms with Crippen molar-refractivity contribution in [1.29, 1.82) is 0 Å². The number of aliphatic hydroxyl groups is 1. The predicted octanol–water partition coefficient (Wildman–Crippen LogP) is 2.98. The highest BCUT2D eigenvalue weighted by Crippen LogP contribution is 2.68. The molecule has 0 saturated heterocycles. The Kier molecular flexibility index (Phi) is 1.54. The molecule has 1 spiro atoms. The molecule has 1 fully saturated rings. The van der Waals surface area contributed by atoms with Crippen LogP contribution < -0.4 is 0 Å². The third kappa shape index (κ3) is 0.884. The second-order valence-corrected chi connectivity index (χ2v) is 5.73. The number of hydrogen-bond acceptors (Lipinski definition) is 1. The highest BCUT2D eigenvalue weighted by molar-refractivity contribution is 5.58. The Morgan fingerprint density at radius 1 is 1.33 bits per heavy atom. The zero-order valence-corrected chi connectivity index (χ0v) is 9.67. The summed E-state index contributed by atoms with van der Waals surface area (Å²) in [6.45, 7) is 6.67. The highest BCUT2D eigenvalue weighted by Gasteiger charge is 2.61. The minimum absolute atomic E-state index is 0.00155. The maximum atomic E-state index is 10.5. The second-order valence-electron chi connectivity index (χ2n) is 5.73. The van der Waals surface area contributed by atoms with Gasteiger partial charge in [0.25, 0.3) is 0 Å². The summed E-state index contributed by atoms with van der Waals surface area (Å²) in [6, 6.07) is 0. The minimum Gasteiger partial charge on any atom is -0.388 e. The Balaban J connectivity index is 2.24. The van der Waals surface area contributed by atoms with Gasteiger partial charge in [-0.15, -0.1) is 0 Å². The smallest absolute Gasteiger partial charge is 0.0855 e. The van der Waals surface area contributed by atoms with Crippen LogP contribution in [0.3, 0.4) is 0 Å². The molecule has 1 N–H and O–H groups in total. The molecule has 80 valence electrons. The number of allylic oxidation sites excluding steroid dienone is 4. The van der Waals surface area contributed by atoms with Crippen LogP contribution >= 0.6 is 0 Å². The van der Waals surface area contributed by atoms with E-state index in [4.69, 9.17) is 0 Å². The van der Waals surface area contributed by atoms with Crippen molar-refractivity contribution in [1.82, 2.24) is 0 Å². The molecule has 0 aliphatic heterocycles. The van der Waals surface area contributed by atoms with E-state index in [1.165, 1.54) is 24.0 Å². The van der Waals surface area contributed by atoms with E-state index in [-0.39, 0.29) is 16.9 Å². The molecule has 3 rings (SSSR count). The Morgan fingerprint density at radius 3 is 2.60 bits per heavy atom. The molecule has 1 atom stereocenters. The fraction of sp³-hybridized carbons (Fsp3) is 0.571. The normalized spacial score (nSPS) is 34.4. The third-order valence-corrected chi connectivity index (χ3v) is 4.93. The summed E-state index contributed by atoms with van der Waals surface area (Å²) in [5.74, 6) is 0. The monoisotopic (exact) mass is 202 g/mol. The molecule has 0 bridgehead atoms. The predicted molar refractivity (Wildman–Crippen MR) is 61.4 cm³/mol. The first-order chi connectivity index (χ1) is 7.01. The Bertz CT molecular complexity index is 417. The van der Waals surface area contributed by atoms with Crippen molar-refractivity contribution in [3.8, 4) is 0 Å². The molecule has 0 aromatic carbocycles. The van der Waals surface area contributed by atoms with E-state index in [0.717, 1.165) is 5.57 Å². The molecule has 0 aromatic rings. The molecule has 1 heteroatoms. The van der Waals surface area contributed by atoms with E-state index in [2.05, 4.69) is 39.0 Å². The van der Waals surface area contributed by atoms with Gasteiger partial charge >= 0.3 is 0 Å². The average molecular weight is 202 g/mol. The topological polar surface area (TPSA) is 20.2 Å². The molecular weight excluding hydrogens is 184 g/mol. The molecule has 0 amide bonds. The van der Waals surface area contributed by atoms with Crippen molar-refractivity contribution in [2.24, 2.45) is 10.8 Å². The van der Waals surface area contributed by atoms with Gasteiger partial charge in [-0.3, -0.25) is 0 Å². The van der Waals surface area contributed by atoms with Crippen molar-refractivity contribution < 1.29 is 5.11 Å². The van der Waals surface area contributed by atoms with Crippen LogP contribution in [0.4, 0.5) is 0 Å². The van der Waals surface area contributed by atoms with Crippen molar-refractivity contribution in [2.75, 3.05) is 0 Å². The quantitative estimate of drug-likeness (QED) is 0.640. The van der Waals surface area contributed by atoms with E-state index in [9.17, 15) is 5.11 Å². The highest BCUT2D eigenvalue weighted by atomic mass is 16.3. The number of aliphatic hydroxyl groups excluding tert-OH is 1. The maximum absolute atomic E-state index is 10.5. The molecule has 0 aromatic heterocycles. The Morgan fingerprint density at radius 2 is 2.00 bits per heavy atom. The largest absolute Gasteiger partial charge is 0.388 e. The van der Waals surface area contributed by atoms with E-state index in [1.807, 2.05) is 0 Å². The minimum atomic E-state index is -0.298. The van der Waals surface area contributed by atoms with Gasteiger partial charge in [0.05, 0.1) is 6.10 Å². The molecule has 1 nitrogen and oxygen atoms in total. The van der Waals surface area contributed by atoms with Crippen molar-refractivity contribution in [2.45, 2.75) is 39.7 Å². The summed E-state index contributed by atoms with van der Waals surface area (Å²) in [7, 11) is 0. The summed E-state index contributed by atoms with van der Waals surface area (Å²) < 4.78 is 0. The van der Waals surface area contributed by atoms with Crippen LogP contribution in [-0.2, 0) is 0 Å². The van der Waals surface area contributed by atoms with Gasteiger partial charge < -0.3 is 5.11 Å². The molecule has 0 radical (unpaired) electrons. The lowest BCUT2D eigenvalue weighted by Crippen LogP contribution is -2.43. The van der Waals surface area contributed by atoms with Gasteiger partial charge in [0.15, 0.2) is 0 Å². The Labute approximate surface area is 91.2 Å². The first kappa shape index (κ1) is 9.41. The fourth-order valence-corrected chi connectivity index (χ4v) is 3.55. The number of fused-ring (bicyclic) bond motifs is 1. The molecule has 1 saturated carbocycles. The van der Waals surface area contributed by atoms with Crippen LogP contribution in [0.1, 0.15) is 33.6 Å². The van der Waals surface area contributed by atoms with E-state index in [1.54, 1.807) is 0 Å². The summed E-state index contributed by atoms with van der Waals surface area (Å²) in [5, 5.41) is 10.5. The van der Waals surface area contributed by atoms with Crippen LogP contribution in [0.25, 0.3) is 0 Å². The van der Waals surface area contributed by atoms with Crippen LogP contribution in [0, 0.1) is 10.8 Å². The zero-order chi connectivity index (χ0) is 10.8.